The van der Waals surface area contributed by atoms with Crippen molar-refractivity contribution in [2.45, 2.75) is 0 Å². The average molecular weight is 170 g/mol. The lowest BCUT2D eigenvalue weighted by molar-refractivity contribution is 1.04. The molecule has 0 fully saturated rings. The van der Waals surface area contributed by atoms with Crippen molar-refractivity contribution in [3.05, 3.63) is 36.1 Å². The molecule has 0 saturated heterocycles. The van der Waals surface area contributed by atoms with Gasteiger partial charge in [-0.1, -0.05) is 18.2 Å². The molecular formula is C9H6N4. The van der Waals surface area contributed by atoms with Gasteiger partial charge in [-0.25, -0.2) is 4.98 Å². The van der Waals surface area contributed by atoms with Crippen LogP contribution < -0.4 is 5.62 Å². The summed E-state index contributed by atoms with van der Waals surface area (Å²) in [5.74, 6) is 0. The highest BCUT2D eigenvalue weighted by molar-refractivity contribution is 5.76. The van der Waals surface area contributed by atoms with Gasteiger partial charge in [-0.05, 0) is 6.07 Å². The number of nitrogens with zero attached hydrogens (tertiary/aromatic N) is 3. The van der Waals surface area contributed by atoms with Gasteiger partial charge < -0.3 is 4.98 Å². The van der Waals surface area contributed by atoms with Gasteiger partial charge in [0.25, 0.3) is 0 Å². The normalized spacial score (nSPS) is 11.5. The molecule has 62 valence electrons. The van der Waals surface area contributed by atoms with E-state index in [4.69, 9.17) is 5.26 Å². The number of aromatic amines is 1. The number of nitrogens with one attached hydrogen (secondary N) is 1. The second kappa shape index (κ2) is 3.07. The third kappa shape index (κ3) is 1.40. The number of fused-ring (bicyclic) bond motifs is 1. The summed E-state index contributed by atoms with van der Waals surface area (Å²) in [7, 11) is 0. The van der Waals surface area contributed by atoms with Crippen LogP contribution in [0.1, 0.15) is 0 Å². The van der Waals surface area contributed by atoms with Gasteiger partial charge in [0.15, 0.2) is 0 Å². The molecule has 1 aromatic carbocycles. The van der Waals surface area contributed by atoms with Crippen LogP contribution in [0.3, 0.4) is 0 Å². The number of rotatable bonds is 0. The monoisotopic (exact) mass is 170 g/mol. The van der Waals surface area contributed by atoms with E-state index in [1.54, 1.807) is 12.4 Å². The Morgan fingerprint density at radius 3 is 3.08 bits per heavy atom. The first-order chi connectivity index (χ1) is 6.40. The molecule has 0 aliphatic rings. The molecule has 0 aliphatic carbocycles. The van der Waals surface area contributed by atoms with Crippen molar-refractivity contribution in [2.24, 2.45) is 4.99 Å². The number of benzene rings is 1. The van der Waals surface area contributed by atoms with Crippen molar-refractivity contribution >= 4 is 10.9 Å². The molecule has 4 nitrogen and oxygen atoms in total. The van der Waals surface area contributed by atoms with Crippen molar-refractivity contribution in [2.75, 3.05) is 0 Å². The number of nitriles is 1. The zero-order valence-corrected chi connectivity index (χ0v) is 6.73. The Kier molecular flexibility index (Phi) is 1.77. The molecule has 1 aromatic heterocycles. The molecule has 13 heavy (non-hydrogen) atoms. The van der Waals surface area contributed by atoms with Crippen LogP contribution in [-0.2, 0) is 0 Å². The molecule has 1 N–H and O–H groups in total. The van der Waals surface area contributed by atoms with E-state index in [2.05, 4.69) is 15.0 Å². The number of H-pyrrole nitrogens is 1. The summed E-state index contributed by atoms with van der Waals surface area (Å²) in [5.41, 5.74) is 1.26. The van der Waals surface area contributed by atoms with Crippen molar-refractivity contribution in [3.8, 4) is 6.19 Å². The minimum absolute atomic E-state index is 0.334. The molecular weight excluding hydrogens is 164 g/mol. The Morgan fingerprint density at radius 1 is 1.38 bits per heavy atom. The van der Waals surface area contributed by atoms with Gasteiger partial charge in [0.1, 0.15) is 0 Å². The molecule has 1 heterocycles. The van der Waals surface area contributed by atoms with Crippen molar-refractivity contribution < 1.29 is 0 Å². The van der Waals surface area contributed by atoms with E-state index in [1.807, 2.05) is 24.3 Å². The van der Waals surface area contributed by atoms with Crippen LogP contribution in [0.4, 0.5) is 0 Å². The summed E-state index contributed by atoms with van der Waals surface area (Å²) < 4.78 is 0. The van der Waals surface area contributed by atoms with Crippen LogP contribution >= 0.6 is 0 Å². The van der Waals surface area contributed by atoms with Crippen molar-refractivity contribution in [1.82, 2.24) is 9.97 Å². The molecule has 4 heteroatoms. The van der Waals surface area contributed by atoms with E-state index in [0.717, 1.165) is 10.9 Å². The van der Waals surface area contributed by atoms with E-state index < -0.39 is 0 Å². The molecule has 2 rings (SSSR count). The number of aromatic nitrogens is 2. The van der Waals surface area contributed by atoms with E-state index in [-0.39, 0.29) is 0 Å². The molecule has 0 spiro atoms. The predicted octanol–water partition coefficient (Wildman–Crippen LogP) is 0.945. The quantitative estimate of drug-likeness (QED) is 0.598. The summed E-state index contributed by atoms with van der Waals surface area (Å²) in [6.45, 7) is 0. The fourth-order valence-electron chi connectivity index (χ4n) is 1.11. The first-order valence-corrected chi connectivity index (χ1v) is 3.77. The summed E-state index contributed by atoms with van der Waals surface area (Å²) in [4.78, 5) is 10.4. The van der Waals surface area contributed by atoms with Crippen molar-refractivity contribution in [1.29, 1.82) is 5.26 Å². The second-order valence-electron chi connectivity index (χ2n) is 2.51. The standard InChI is InChI=1S/C9H6N4/c10-6-12-9-11-5-7-3-1-2-4-8(7)13-9/h1-5H,(H,11,12,13). The Bertz CT molecular complexity index is 533. The number of para-hydroxylation sites is 1. The summed E-state index contributed by atoms with van der Waals surface area (Å²) >= 11 is 0. The maximum absolute atomic E-state index is 8.32. The van der Waals surface area contributed by atoms with Gasteiger partial charge >= 0.3 is 0 Å². The fraction of sp³-hybridized carbons (Fsp3) is 0. The molecule has 0 amide bonds. The Labute approximate surface area is 74.2 Å². The van der Waals surface area contributed by atoms with E-state index in [0.29, 0.717) is 5.62 Å². The molecule has 0 unspecified atom stereocenters. The van der Waals surface area contributed by atoms with Gasteiger partial charge in [-0.15, -0.1) is 4.99 Å². The van der Waals surface area contributed by atoms with Gasteiger partial charge in [-0.2, -0.15) is 5.26 Å². The maximum atomic E-state index is 8.32. The first kappa shape index (κ1) is 7.50. The Balaban J connectivity index is 2.78. The van der Waals surface area contributed by atoms with Crippen LogP contribution in [0.2, 0.25) is 0 Å². The largest absolute Gasteiger partial charge is 0.323 e. The van der Waals surface area contributed by atoms with Crippen LogP contribution in [0.25, 0.3) is 10.9 Å². The lowest BCUT2D eigenvalue weighted by atomic mass is 10.2. The van der Waals surface area contributed by atoms with E-state index >= 15 is 0 Å². The van der Waals surface area contributed by atoms with E-state index in [1.165, 1.54) is 0 Å². The third-order valence-corrected chi connectivity index (χ3v) is 1.69. The van der Waals surface area contributed by atoms with Gasteiger partial charge in [0, 0.05) is 17.1 Å². The molecule has 0 aliphatic heterocycles. The Hall–Kier alpha value is -2.15. The minimum atomic E-state index is 0.334. The van der Waals surface area contributed by atoms with Crippen LogP contribution in [0.5, 0.6) is 0 Å². The Morgan fingerprint density at radius 2 is 2.23 bits per heavy atom. The minimum Gasteiger partial charge on any atom is -0.323 e. The average Bonchev–Trinajstić information content (AvgIpc) is 2.18. The van der Waals surface area contributed by atoms with Gasteiger partial charge in [0.2, 0.25) is 11.8 Å². The summed E-state index contributed by atoms with van der Waals surface area (Å²) in [6.07, 6.45) is 3.36. The lowest BCUT2D eigenvalue weighted by Gasteiger charge is -1.94. The van der Waals surface area contributed by atoms with Crippen LogP contribution in [-0.4, -0.2) is 9.97 Å². The van der Waals surface area contributed by atoms with Crippen LogP contribution in [0, 0.1) is 11.5 Å². The predicted molar refractivity (Wildman–Crippen MR) is 47.3 cm³/mol. The topological polar surface area (TPSA) is 64.8 Å². The highest BCUT2D eigenvalue weighted by Crippen LogP contribution is 2.05. The van der Waals surface area contributed by atoms with Crippen LogP contribution in [0.15, 0.2) is 35.5 Å². The second-order valence-corrected chi connectivity index (χ2v) is 2.51. The zero-order chi connectivity index (χ0) is 9.10. The molecule has 0 atom stereocenters. The SMILES string of the molecule is N#C/N=c1\ncc2ccccc2[nH]1. The number of hydrogen-bond donors (Lipinski definition) is 1. The molecule has 2 aromatic rings. The molecule has 0 radical (unpaired) electrons. The third-order valence-electron chi connectivity index (χ3n) is 1.69. The summed E-state index contributed by atoms with van der Waals surface area (Å²) in [5, 5.41) is 9.31. The highest BCUT2D eigenvalue weighted by Gasteiger charge is 1.90. The van der Waals surface area contributed by atoms with Gasteiger partial charge in [-0.3, -0.25) is 0 Å². The molecule has 0 bridgehead atoms. The molecule has 0 saturated carbocycles. The number of hydrogen-bond acceptors (Lipinski definition) is 3. The van der Waals surface area contributed by atoms with Gasteiger partial charge in [0.05, 0.1) is 0 Å². The maximum Gasteiger partial charge on any atom is 0.238 e. The zero-order valence-electron chi connectivity index (χ0n) is 6.73. The first-order valence-electron chi connectivity index (χ1n) is 3.77. The fourth-order valence-corrected chi connectivity index (χ4v) is 1.11. The summed E-state index contributed by atoms with van der Waals surface area (Å²) in [6, 6.07) is 7.69. The lowest BCUT2D eigenvalue weighted by Crippen LogP contribution is -2.10. The van der Waals surface area contributed by atoms with Crippen molar-refractivity contribution in [3.63, 3.8) is 0 Å². The highest BCUT2D eigenvalue weighted by atomic mass is 15.0. The van der Waals surface area contributed by atoms with E-state index in [9.17, 15) is 0 Å². The smallest absolute Gasteiger partial charge is 0.238 e.